The fraction of sp³-hybridized carbons (Fsp3) is 0.188. The summed E-state index contributed by atoms with van der Waals surface area (Å²) in [6.45, 7) is 0. The van der Waals surface area contributed by atoms with Crippen LogP contribution in [0.3, 0.4) is 0 Å². The van der Waals surface area contributed by atoms with Crippen LogP contribution in [0.25, 0.3) is 10.9 Å². The summed E-state index contributed by atoms with van der Waals surface area (Å²) in [5.74, 6) is -0.811. The Morgan fingerprint density at radius 2 is 2.08 bits per heavy atom. The molecule has 1 aliphatic heterocycles. The summed E-state index contributed by atoms with van der Waals surface area (Å²) in [5, 5.41) is 17.2. The molecule has 7 nitrogen and oxygen atoms in total. The Morgan fingerprint density at radius 3 is 2.77 bits per heavy atom. The van der Waals surface area contributed by atoms with Crippen molar-refractivity contribution < 1.29 is 23.1 Å². The van der Waals surface area contributed by atoms with Gasteiger partial charge in [0.2, 0.25) is 5.54 Å². The quantitative estimate of drug-likeness (QED) is 0.652. The largest absolute Gasteiger partial charge is 0.479 e. The van der Waals surface area contributed by atoms with Crippen LogP contribution in [0.15, 0.2) is 35.5 Å². The topological polar surface area (TPSA) is 95.3 Å². The molecular formula is C16H12F3N5O2. The van der Waals surface area contributed by atoms with Crippen molar-refractivity contribution in [3.8, 4) is 0 Å². The standard InChI is InChI=1S/C16H12F3N5O2/c1-24-11-6-8(16(17,18)19)2-3-9(11)12(23-24)15(14(25)26)7-21-13-10(22-15)4-5-20-13/h2-7,20,22H,1H3,(H,25,26). The lowest BCUT2D eigenvalue weighted by molar-refractivity contribution is -0.140. The SMILES string of the molecule is Cn1nc(C2(C(=O)O)C=Nc3[nH]ccc3N2)c2ccc(C(F)(F)F)cc21. The van der Waals surface area contributed by atoms with Gasteiger partial charge in [-0.1, -0.05) is 6.07 Å². The van der Waals surface area contributed by atoms with E-state index in [0.717, 1.165) is 12.1 Å². The first-order valence-corrected chi connectivity index (χ1v) is 7.51. The molecule has 134 valence electrons. The first-order valence-electron chi connectivity index (χ1n) is 7.51. The van der Waals surface area contributed by atoms with Crippen LogP contribution in [0.1, 0.15) is 11.3 Å². The number of benzene rings is 1. The molecule has 4 rings (SSSR count). The van der Waals surface area contributed by atoms with Gasteiger partial charge in [0.1, 0.15) is 5.69 Å². The van der Waals surface area contributed by atoms with Gasteiger partial charge < -0.3 is 15.4 Å². The molecule has 1 unspecified atom stereocenters. The Balaban J connectivity index is 1.94. The number of aliphatic carboxylic acids is 1. The molecule has 3 N–H and O–H groups in total. The molecule has 1 aromatic carbocycles. The van der Waals surface area contributed by atoms with Crippen molar-refractivity contribution in [3.05, 3.63) is 41.7 Å². The van der Waals surface area contributed by atoms with E-state index in [9.17, 15) is 23.1 Å². The smallest absolute Gasteiger partial charge is 0.416 e. The van der Waals surface area contributed by atoms with Gasteiger partial charge in [-0.05, 0) is 18.2 Å². The molecule has 0 bridgehead atoms. The van der Waals surface area contributed by atoms with E-state index < -0.39 is 23.2 Å². The van der Waals surface area contributed by atoms with E-state index in [1.54, 1.807) is 12.3 Å². The van der Waals surface area contributed by atoms with Crippen molar-refractivity contribution in [2.45, 2.75) is 11.7 Å². The molecular weight excluding hydrogens is 351 g/mol. The summed E-state index contributed by atoms with van der Waals surface area (Å²) >= 11 is 0. The number of anilines is 1. The van der Waals surface area contributed by atoms with Gasteiger partial charge >= 0.3 is 12.1 Å². The maximum absolute atomic E-state index is 13.0. The van der Waals surface area contributed by atoms with Crippen LogP contribution in [0, 0.1) is 0 Å². The van der Waals surface area contributed by atoms with Crippen LogP contribution in [-0.2, 0) is 23.6 Å². The third kappa shape index (κ3) is 2.18. The number of carboxylic acid groups (broad SMARTS) is 1. The predicted molar refractivity (Wildman–Crippen MR) is 87.6 cm³/mol. The van der Waals surface area contributed by atoms with Gasteiger partial charge in [-0.15, -0.1) is 0 Å². The van der Waals surface area contributed by atoms with Gasteiger partial charge in [0.15, 0.2) is 5.82 Å². The van der Waals surface area contributed by atoms with Crippen LogP contribution in [0.5, 0.6) is 0 Å². The van der Waals surface area contributed by atoms with Crippen molar-refractivity contribution in [3.63, 3.8) is 0 Å². The number of aromatic nitrogens is 3. The van der Waals surface area contributed by atoms with E-state index in [1.807, 2.05) is 0 Å². The number of fused-ring (bicyclic) bond motifs is 2. The minimum Gasteiger partial charge on any atom is -0.479 e. The Morgan fingerprint density at radius 1 is 1.31 bits per heavy atom. The summed E-state index contributed by atoms with van der Waals surface area (Å²) in [4.78, 5) is 19.1. The summed E-state index contributed by atoms with van der Waals surface area (Å²) in [7, 11) is 1.46. The minimum atomic E-state index is -4.51. The number of nitrogens with one attached hydrogen (secondary N) is 2. The Bertz CT molecular complexity index is 1070. The number of carbonyl (C=O) groups is 1. The highest BCUT2D eigenvalue weighted by atomic mass is 19.4. The van der Waals surface area contributed by atoms with Crippen molar-refractivity contribution in [2.75, 3.05) is 5.32 Å². The Labute approximate surface area is 144 Å². The maximum Gasteiger partial charge on any atom is 0.416 e. The molecule has 10 heteroatoms. The van der Waals surface area contributed by atoms with E-state index in [1.165, 1.54) is 24.0 Å². The average molecular weight is 363 g/mol. The third-order valence-corrected chi connectivity index (χ3v) is 4.33. The molecule has 0 saturated carbocycles. The van der Waals surface area contributed by atoms with E-state index in [4.69, 9.17) is 0 Å². The van der Waals surface area contributed by atoms with Crippen molar-refractivity contribution >= 4 is 34.6 Å². The van der Waals surface area contributed by atoms with Crippen LogP contribution >= 0.6 is 0 Å². The number of aliphatic imine (C=N–C) groups is 1. The zero-order chi connectivity index (χ0) is 18.7. The van der Waals surface area contributed by atoms with Crippen LogP contribution in [0.4, 0.5) is 24.7 Å². The molecule has 0 spiro atoms. The molecule has 26 heavy (non-hydrogen) atoms. The molecule has 2 aromatic heterocycles. The maximum atomic E-state index is 13.0. The van der Waals surface area contributed by atoms with Crippen LogP contribution in [0.2, 0.25) is 0 Å². The lowest BCUT2D eigenvalue weighted by atomic mass is 9.92. The van der Waals surface area contributed by atoms with Gasteiger partial charge in [-0.2, -0.15) is 18.3 Å². The number of halogens is 3. The molecule has 1 atom stereocenters. The lowest BCUT2D eigenvalue weighted by Gasteiger charge is -2.28. The van der Waals surface area contributed by atoms with Gasteiger partial charge in [0, 0.05) is 24.8 Å². The average Bonchev–Trinajstić information content (AvgIpc) is 3.17. The monoisotopic (exact) mass is 363 g/mol. The number of hydrogen-bond acceptors (Lipinski definition) is 4. The number of aromatic amines is 1. The summed E-state index contributed by atoms with van der Waals surface area (Å²) in [6.07, 6.45) is -1.72. The number of alkyl halides is 3. The number of H-pyrrole nitrogens is 1. The van der Waals surface area contributed by atoms with Gasteiger partial charge in [0.25, 0.3) is 0 Å². The predicted octanol–water partition coefficient (Wildman–Crippen LogP) is 3.03. The highest BCUT2D eigenvalue weighted by molar-refractivity contribution is 6.09. The number of rotatable bonds is 2. The Kier molecular flexibility index (Phi) is 3.17. The molecule has 3 heterocycles. The summed E-state index contributed by atoms with van der Waals surface area (Å²) in [6, 6.07) is 4.71. The van der Waals surface area contributed by atoms with Gasteiger partial charge in [0.05, 0.1) is 16.8 Å². The molecule has 0 radical (unpaired) electrons. The molecule has 0 saturated heterocycles. The lowest BCUT2D eigenvalue weighted by Crippen LogP contribution is -2.46. The van der Waals surface area contributed by atoms with Crippen molar-refractivity contribution in [1.82, 2.24) is 14.8 Å². The minimum absolute atomic E-state index is 0.0619. The summed E-state index contributed by atoms with van der Waals surface area (Å²) < 4.78 is 40.2. The number of nitrogens with zero attached hydrogens (tertiary/aromatic N) is 3. The fourth-order valence-corrected chi connectivity index (χ4v) is 3.03. The molecule has 0 amide bonds. The zero-order valence-electron chi connectivity index (χ0n) is 13.3. The first kappa shape index (κ1) is 16.2. The van der Waals surface area contributed by atoms with Gasteiger partial charge in [-0.3, -0.25) is 4.68 Å². The van der Waals surface area contributed by atoms with Crippen molar-refractivity contribution in [1.29, 1.82) is 0 Å². The molecule has 0 fully saturated rings. The number of carboxylic acids is 1. The Hall–Kier alpha value is -3.30. The van der Waals surface area contributed by atoms with E-state index in [0.29, 0.717) is 16.9 Å². The van der Waals surface area contributed by atoms with Crippen LogP contribution < -0.4 is 5.32 Å². The number of aryl methyl sites for hydroxylation is 1. The summed E-state index contributed by atoms with van der Waals surface area (Å²) in [5.41, 5.74) is -1.94. The molecule has 3 aromatic rings. The second kappa shape index (κ2) is 5.10. The highest BCUT2D eigenvalue weighted by Gasteiger charge is 2.45. The van der Waals surface area contributed by atoms with E-state index in [-0.39, 0.29) is 11.2 Å². The molecule has 1 aliphatic rings. The number of hydrogen-bond donors (Lipinski definition) is 3. The van der Waals surface area contributed by atoms with E-state index in [2.05, 4.69) is 20.4 Å². The first-order chi connectivity index (χ1) is 12.2. The molecule has 0 aliphatic carbocycles. The van der Waals surface area contributed by atoms with Crippen LogP contribution in [-0.4, -0.2) is 32.1 Å². The highest BCUT2D eigenvalue weighted by Crippen LogP contribution is 2.39. The zero-order valence-corrected chi connectivity index (χ0v) is 13.3. The van der Waals surface area contributed by atoms with Crippen molar-refractivity contribution in [2.24, 2.45) is 12.0 Å². The second-order valence-electron chi connectivity index (χ2n) is 5.94. The normalized spacial score (nSPS) is 19.4. The fourth-order valence-electron chi connectivity index (χ4n) is 3.03. The second-order valence-corrected chi connectivity index (χ2v) is 5.94. The van der Waals surface area contributed by atoms with E-state index >= 15 is 0 Å². The third-order valence-electron chi connectivity index (χ3n) is 4.33. The van der Waals surface area contributed by atoms with Gasteiger partial charge in [-0.25, -0.2) is 9.79 Å².